The van der Waals surface area contributed by atoms with Gasteiger partial charge in [-0.3, -0.25) is 0 Å². The summed E-state index contributed by atoms with van der Waals surface area (Å²) < 4.78 is 28.6. The van der Waals surface area contributed by atoms with Crippen molar-refractivity contribution in [2.24, 2.45) is 0 Å². The molecule has 1 aromatic carbocycles. The van der Waals surface area contributed by atoms with E-state index in [0.29, 0.717) is 10.6 Å². The van der Waals surface area contributed by atoms with Crippen molar-refractivity contribution in [3.8, 4) is 5.88 Å². The van der Waals surface area contributed by atoms with Crippen molar-refractivity contribution in [1.82, 2.24) is 4.98 Å². The molecule has 4 nitrogen and oxygen atoms in total. The van der Waals surface area contributed by atoms with Gasteiger partial charge in [0.1, 0.15) is 10.8 Å². The molecule has 7 heteroatoms. The number of hydrogen-bond donors (Lipinski definition) is 0. The van der Waals surface area contributed by atoms with E-state index < -0.39 is 10.1 Å². The van der Waals surface area contributed by atoms with Crippen LogP contribution in [0.4, 0.5) is 0 Å². The molecule has 100 valence electrons. The van der Waals surface area contributed by atoms with E-state index in [1.807, 2.05) is 0 Å². The van der Waals surface area contributed by atoms with Crippen LogP contribution in [0.15, 0.2) is 42.6 Å². The molecule has 0 aliphatic rings. The molecule has 0 radical (unpaired) electrons. The molecule has 0 unspecified atom stereocenters. The largest absolute Gasteiger partial charge is 0.360 e. The van der Waals surface area contributed by atoms with Crippen molar-refractivity contribution >= 4 is 33.3 Å². The fourth-order valence-corrected chi connectivity index (χ4v) is 2.89. The van der Waals surface area contributed by atoms with Crippen LogP contribution in [-0.2, 0) is 15.9 Å². The molecule has 19 heavy (non-hydrogen) atoms. The first kappa shape index (κ1) is 14.1. The Morgan fingerprint density at radius 1 is 1.16 bits per heavy atom. The second-order valence-electron chi connectivity index (χ2n) is 3.71. The average molecular weight is 318 g/mol. The van der Waals surface area contributed by atoms with Gasteiger partial charge in [0.15, 0.2) is 0 Å². The van der Waals surface area contributed by atoms with Crippen LogP contribution >= 0.6 is 23.2 Å². The van der Waals surface area contributed by atoms with E-state index in [0.717, 1.165) is 0 Å². The van der Waals surface area contributed by atoms with Crippen molar-refractivity contribution in [3.05, 3.63) is 58.2 Å². The SMILES string of the molecule is O=S(=O)(Cc1ccccc1)Oc1ncc(Cl)cc1Cl. The molecule has 0 amide bonds. The van der Waals surface area contributed by atoms with E-state index in [-0.39, 0.29) is 16.7 Å². The highest BCUT2D eigenvalue weighted by atomic mass is 35.5. The van der Waals surface area contributed by atoms with Crippen molar-refractivity contribution in [1.29, 1.82) is 0 Å². The second-order valence-corrected chi connectivity index (χ2v) is 6.13. The molecule has 1 heterocycles. The molecular formula is C12H9Cl2NO3S. The van der Waals surface area contributed by atoms with Gasteiger partial charge in [-0.15, -0.1) is 0 Å². The fraction of sp³-hybridized carbons (Fsp3) is 0.0833. The van der Waals surface area contributed by atoms with Gasteiger partial charge in [0.2, 0.25) is 0 Å². The number of hydrogen-bond acceptors (Lipinski definition) is 4. The Bertz CT molecular complexity index is 675. The normalized spacial score (nSPS) is 11.3. The van der Waals surface area contributed by atoms with Gasteiger partial charge < -0.3 is 4.18 Å². The Labute approximate surface area is 121 Å². The zero-order chi connectivity index (χ0) is 13.9. The molecule has 2 rings (SSSR count). The van der Waals surface area contributed by atoms with Crippen LogP contribution in [0.5, 0.6) is 5.88 Å². The van der Waals surface area contributed by atoms with Crippen molar-refractivity contribution in [2.75, 3.05) is 0 Å². The lowest BCUT2D eigenvalue weighted by Gasteiger charge is -2.07. The van der Waals surface area contributed by atoms with Crippen molar-refractivity contribution in [2.45, 2.75) is 5.75 Å². The van der Waals surface area contributed by atoms with Crippen LogP contribution in [0.1, 0.15) is 5.56 Å². The van der Waals surface area contributed by atoms with Gasteiger partial charge >= 0.3 is 10.1 Å². The summed E-state index contributed by atoms with van der Waals surface area (Å²) in [6.07, 6.45) is 1.26. The van der Waals surface area contributed by atoms with Gasteiger partial charge in [0.05, 0.1) is 5.02 Å². The minimum atomic E-state index is -3.81. The summed E-state index contributed by atoms with van der Waals surface area (Å²) in [5, 5.41) is 0.349. The minimum absolute atomic E-state index is 0.0455. The zero-order valence-electron chi connectivity index (χ0n) is 9.58. The van der Waals surface area contributed by atoms with E-state index >= 15 is 0 Å². The summed E-state index contributed by atoms with van der Waals surface area (Å²) in [5.41, 5.74) is 0.618. The fourth-order valence-electron chi connectivity index (χ4n) is 1.39. The molecule has 0 saturated carbocycles. The predicted molar refractivity (Wildman–Crippen MR) is 74.0 cm³/mol. The number of aromatic nitrogens is 1. The molecule has 0 aliphatic heterocycles. The van der Waals surface area contributed by atoms with Gasteiger partial charge in [0, 0.05) is 6.20 Å². The van der Waals surface area contributed by atoms with Crippen LogP contribution in [0.25, 0.3) is 0 Å². The molecule has 0 saturated heterocycles. The Hall–Kier alpha value is -1.30. The first-order chi connectivity index (χ1) is 8.96. The summed E-state index contributed by atoms with van der Waals surface area (Å²) in [4.78, 5) is 3.74. The molecule has 0 spiro atoms. The van der Waals surface area contributed by atoms with Crippen LogP contribution in [0, 0.1) is 0 Å². The molecule has 0 atom stereocenters. The molecule has 0 N–H and O–H groups in total. The Morgan fingerprint density at radius 3 is 2.47 bits per heavy atom. The molecule has 1 aromatic heterocycles. The Morgan fingerprint density at radius 2 is 1.84 bits per heavy atom. The quantitative estimate of drug-likeness (QED) is 0.812. The lowest BCUT2D eigenvalue weighted by molar-refractivity contribution is 0.475. The van der Waals surface area contributed by atoms with Crippen LogP contribution in [-0.4, -0.2) is 13.4 Å². The summed E-state index contributed by atoms with van der Waals surface area (Å²) in [6, 6.07) is 10.0. The Balaban J connectivity index is 2.17. The first-order valence-corrected chi connectivity index (χ1v) is 7.57. The zero-order valence-corrected chi connectivity index (χ0v) is 11.9. The van der Waals surface area contributed by atoms with E-state index in [9.17, 15) is 8.42 Å². The number of halogens is 2. The number of benzene rings is 1. The van der Waals surface area contributed by atoms with E-state index in [1.165, 1.54) is 12.3 Å². The third-order valence-electron chi connectivity index (χ3n) is 2.17. The van der Waals surface area contributed by atoms with Gasteiger partial charge in [0.25, 0.3) is 5.88 Å². The van der Waals surface area contributed by atoms with E-state index in [4.69, 9.17) is 27.4 Å². The lowest BCUT2D eigenvalue weighted by atomic mass is 10.2. The van der Waals surface area contributed by atoms with Crippen molar-refractivity contribution in [3.63, 3.8) is 0 Å². The molecule has 2 aromatic rings. The summed E-state index contributed by atoms with van der Waals surface area (Å²) in [6.45, 7) is 0. The lowest BCUT2D eigenvalue weighted by Crippen LogP contribution is -2.13. The highest BCUT2D eigenvalue weighted by molar-refractivity contribution is 7.86. The average Bonchev–Trinajstić information content (AvgIpc) is 2.33. The van der Waals surface area contributed by atoms with Crippen LogP contribution in [0.3, 0.4) is 0 Å². The van der Waals surface area contributed by atoms with Gasteiger partial charge in [-0.2, -0.15) is 8.42 Å². The molecule has 0 fully saturated rings. The number of pyridine rings is 1. The van der Waals surface area contributed by atoms with Crippen molar-refractivity contribution < 1.29 is 12.6 Å². The Kier molecular flexibility index (Phi) is 4.29. The first-order valence-electron chi connectivity index (χ1n) is 5.23. The minimum Gasteiger partial charge on any atom is -0.360 e. The predicted octanol–water partition coefficient (Wildman–Crippen LogP) is 3.30. The third-order valence-corrected chi connectivity index (χ3v) is 3.74. The van der Waals surface area contributed by atoms with Crippen LogP contribution < -0.4 is 4.18 Å². The maximum atomic E-state index is 11.9. The molecule has 0 bridgehead atoms. The van der Waals surface area contributed by atoms with Crippen LogP contribution in [0.2, 0.25) is 10.0 Å². The standard InChI is InChI=1S/C12H9Cl2NO3S/c13-10-6-11(14)12(15-7-10)18-19(16,17)8-9-4-2-1-3-5-9/h1-7H,8H2. The summed E-state index contributed by atoms with van der Waals surface area (Å²) in [5.74, 6) is -0.434. The third kappa shape index (κ3) is 4.09. The van der Waals surface area contributed by atoms with Gasteiger partial charge in [-0.05, 0) is 11.6 Å². The number of nitrogens with zero attached hydrogens (tertiary/aromatic N) is 1. The summed E-state index contributed by atoms with van der Waals surface area (Å²) in [7, 11) is -3.81. The maximum absolute atomic E-state index is 11.9. The highest BCUT2D eigenvalue weighted by Crippen LogP contribution is 2.26. The monoisotopic (exact) mass is 317 g/mol. The summed E-state index contributed by atoms with van der Waals surface area (Å²) >= 11 is 11.5. The second kappa shape index (κ2) is 5.77. The highest BCUT2D eigenvalue weighted by Gasteiger charge is 2.17. The molecule has 0 aliphatic carbocycles. The number of rotatable bonds is 4. The van der Waals surface area contributed by atoms with Gasteiger partial charge in [-0.25, -0.2) is 4.98 Å². The maximum Gasteiger partial charge on any atom is 0.314 e. The molecular weight excluding hydrogens is 309 g/mol. The van der Waals surface area contributed by atoms with Gasteiger partial charge in [-0.1, -0.05) is 53.5 Å². The topological polar surface area (TPSA) is 56.3 Å². The van der Waals surface area contributed by atoms with E-state index in [1.54, 1.807) is 30.3 Å². The smallest absolute Gasteiger partial charge is 0.314 e. The van der Waals surface area contributed by atoms with E-state index in [2.05, 4.69) is 4.98 Å².